The van der Waals surface area contributed by atoms with Crippen molar-refractivity contribution in [3.63, 3.8) is 0 Å². The second-order valence-electron chi connectivity index (χ2n) is 4.15. The molecule has 2 rings (SSSR count). The summed E-state index contributed by atoms with van der Waals surface area (Å²) in [5, 5.41) is 9.08. The first kappa shape index (κ1) is 14.6. The van der Waals surface area contributed by atoms with E-state index in [4.69, 9.17) is 5.11 Å². The Labute approximate surface area is 118 Å². The van der Waals surface area contributed by atoms with Crippen LogP contribution in [0.2, 0.25) is 0 Å². The Morgan fingerprint density at radius 1 is 1.10 bits per heavy atom. The minimum absolute atomic E-state index is 0.0488. The molecule has 0 aromatic heterocycles. The van der Waals surface area contributed by atoms with E-state index < -0.39 is 29.1 Å². The van der Waals surface area contributed by atoms with E-state index in [1.54, 1.807) is 0 Å². The van der Waals surface area contributed by atoms with Gasteiger partial charge in [-0.25, -0.2) is 18.4 Å². The van der Waals surface area contributed by atoms with Crippen molar-refractivity contribution in [1.29, 1.82) is 0 Å². The summed E-state index contributed by atoms with van der Waals surface area (Å²) in [5.41, 5.74) is -0.642. The van der Waals surface area contributed by atoms with Gasteiger partial charge in [-0.3, -0.25) is 0 Å². The summed E-state index contributed by atoms with van der Waals surface area (Å²) in [6, 6.07) is 7.11. The first-order valence-corrected chi connectivity index (χ1v) is 5.85. The minimum atomic E-state index is -1.45. The number of benzene rings is 2. The van der Waals surface area contributed by atoms with Gasteiger partial charge >= 0.3 is 11.9 Å². The van der Waals surface area contributed by atoms with Crippen molar-refractivity contribution in [3.8, 4) is 11.1 Å². The molecule has 0 spiro atoms. The maximum absolute atomic E-state index is 13.6. The van der Waals surface area contributed by atoms with E-state index in [-0.39, 0.29) is 16.7 Å². The Morgan fingerprint density at radius 3 is 2.43 bits per heavy atom. The quantitative estimate of drug-likeness (QED) is 0.883. The number of ether oxygens (including phenoxy) is 1. The van der Waals surface area contributed by atoms with E-state index in [0.717, 1.165) is 25.3 Å². The first-order chi connectivity index (χ1) is 9.95. The zero-order valence-corrected chi connectivity index (χ0v) is 10.9. The molecule has 2 aromatic rings. The third kappa shape index (κ3) is 2.74. The summed E-state index contributed by atoms with van der Waals surface area (Å²) in [6.45, 7) is 0. The molecular weight excluding hydrogens is 282 g/mol. The standard InChI is InChI=1S/C15H10F2O4/c1-21-15(20)10-7-8(5-6-11(10)16)9-3-2-4-12(17)13(9)14(18)19/h2-7H,1H3,(H,18,19). The molecule has 21 heavy (non-hydrogen) atoms. The van der Waals surface area contributed by atoms with Gasteiger partial charge in [0.2, 0.25) is 0 Å². The van der Waals surface area contributed by atoms with Gasteiger partial charge in [0, 0.05) is 0 Å². The summed E-state index contributed by atoms with van der Waals surface area (Å²) >= 11 is 0. The SMILES string of the molecule is COC(=O)c1cc(-c2cccc(F)c2C(=O)O)ccc1F. The lowest BCUT2D eigenvalue weighted by atomic mass is 9.97. The van der Waals surface area contributed by atoms with Crippen LogP contribution < -0.4 is 0 Å². The number of methoxy groups -OCH3 is 1. The van der Waals surface area contributed by atoms with Gasteiger partial charge in [-0.1, -0.05) is 18.2 Å². The molecule has 0 heterocycles. The van der Waals surface area contributed by atoms with Gasteiger partial charge in [0.05, 0.1) is 12.7 Å². The average molecular weight is 292 g/mol. The van der Waals surface area contributed by atoms with Gasteiger partial charge in [-0.05, 0) is 29.3 Å². The van der Waals surface area contributed by atoms with Gasteiger partial charge in [-0.2, -0.15) is 0 Å². The second-order valence-corrected chi connectivity index (χ2v) is 4.15. The van der Waals surface area contributed by atoms with Gasteiger partial charge in [0.15, 0.2) is 0 Å². The highest BCUT2D eigenvalue weighted by Gasteiger charge is 2.19. The Balaban J connectivity index is 2.66. The smallest absolute Gasteiger partial charge is 0.340 e. The number of carboxylic acids is 1. The summed E-state index contributed by atoms with van der Waals surface area (Å²) in [7, 11) is 1.10. The third-order valence-electron chi connectivity index (χ3n) is 2.91. The normalized spacial score (nSPS) is 10.2. The zero-order valence-electron chi connectivity index (χ0n) is 10.9. The first-order valence-electron chi connectivity index (χ1n) is 5.85. The molecule has 0 bridgehead atoms. The van der Waals surface area contributed by atoms with E-state index >= 15 is 0 Å². The number of carbonyl (C=O) groups excluding carboxylic acids is 1. The fourth-order valence-electron chi connectivity index (χ4n) is 1.94. The predicted octanol–water partition coefficient (Wildman–Crippen LogP) is 3.12. The van der Waals surface area contributed by atoms with Crippen LogP contribution >= 0.6 is 0 Å². The molecule has 0 unspecified atom stereocenters. The summed E-state index contributed by atoms with van der Waals surface area (Å²) in [6.07, 6.45) is 0. The highest BCUT2D eigenvalue weighted by atomic mass is 19.1. The summed E-state index contributed by atoms with van der Waals surface area (Å²) in [4.78, 5) is 22.6. The molecule has 0 saturated carbocycles. The number of rotatable bonds is 3. The van der Waals surface area contributed by atoms with E-state index in [2.05, 4.69) is 4.74 Å². The molecule has 0 saturated heterocycles. The number of esters is 1. The number of aromatic carboxylic acids is 1. The Morgan fingerprint density at radius 2 is 1.81 bits per heavy atom. The molecule has 0 aliphatic heterocycles. The molecule has 4 nitrogen and oxygen atoms in total. The largest absolute Gasteiger partial charge is 0.478 e. The molecule has 1 N–H and O–H groups in total. The monoisotopic (exact) mass is 292 g/mol. The fraction of sp³-hybridized carbons (Fsp3) is 0.0667. The molecular formula is C15H10F2O4. The molecule has 0 amide bonds. The lowest BCUT2D eigenvalue weighted by Crippen LogP contribution is -2.06. The lowest BCUT2D eigenvalue weighted by molar-refractivity contribution is 0.0594. The fourth-order valence-corrected chi connectivity index (χ4v) is 1.94. The topological polar surface area (TPSA) is 63.6 Å². The molecule has 108 valence electrons. The molecule has 0 fully saturated rings. The number of carbonyl (C=O) groups is 2. The van der Waals surface area contributed by atoms with Crippen molar-refractivity contribution in [1.82, 2.24) is 0 Å². The third-order valence-corrected chi connectivity index (χ3v) is 2.91. The van der Waals surface area contributed by atoms with Crippen LogP contribution in [0.15, 0.2) is 36.4 Å². The Hall–Kier alpha value is -2.76. The van der Waals surface area contributed by atoms with Crippen molar-refractivity contribution in [2.45, 2.75) is 0 Å². The van der Waals surface area contributed by atoms with Crippen molar-refractivity contribution in [2.75, 3.05) is 7.11 Å². The van der Waals surface area contributed by atoms with Crippen LogP contribution in [0.5, 0.6) is 0 Å². The van der Waals surface area contributed by atoms with Crippen LogP contribution in [0, 0.1) is 11.6 Å². The highest BCUT2D eigenvalue weighted by molar-refractivity contribution is 5.97. The van der Waals surface area contributed by atoms with E-state index in [0.29, 0.717) is 0 Å². The van der Waals surface area contributed by atoms with Crippen LogP contribution in [0.1, 0.15) is 20.7 Å². The predicted molar refractivity (Wildman–Crippen MR) is 70.1 cm³/mol. The maximum atomic E-state index is 13.6. The van der Waals surface area contributed by atoms with Crippen molar-refractivity contribution in [2.24, 2.45) is 0 Å². The van der Waals surface area contributed by atoms with E-state index in [9.17, 15) is 18.4 Å². The van der Waals surface area contributed by atoms with Gasteiger partial charge in [0.1, 0.15) is 17.2 Å². The molecule has 0 aliphatic carbocycles. The van der Waals surface area contributed by atoms with E-state index in [1.807, 2.05) is 0 Å². The van der Waals surface area contributed by atoms with Crippen LogP contribution in [-0.2, 0) is 4.74 Å². The number of carboxylic acid groups (broad SMARTS) is 1. The molecule has 0 radical (unpaired) electrons. The molecule has 0 atom stereocenters. The lowest BCUT2D eigenvalue weighted by Gasteiger charge is -2.09. The van der Waals surface area contributed by atoms with Crippen LogP contribution in [0.4, 0.5) is 8.78 Å². The molecule has 2 aromatic carbocycles. The molecule has 0 aliphatic rings. The zero-order chi connectivity index (χ0) is 15.6. The maximum Gasteiger partial charge on any atom is 0.340 e. The second kappa shape index (κ2) is 5.70. The Bertz CT molecular complexity index is 726. The average Bonchev–Trinajstić information content (AvgIpc) is 2.46. The summed E-state index contributed by atoms with van der Waals surface area (Å²) < 4.78 is 31.7. The van der Waals surface area contributed by atoms with Crippen LogP contribution in [0.3, 0.4) is 0 Å². The van der Waals surface area contributed by atoms with Crippen LogP contribution in [-0.4, -0.2) is 24.2 Å². The molecule has 6 heteroatoms. The summed E-state index contributed by atoms with van der Waals surface area (Å²) in [5.74, 6) is -4.07. The number of hydrogen-bond donors (Lipinski definition) is 1. The van der Waals surface area contributed by atoms with Crippen molar-refractivity contribution < 1.29 is 28.2 Å². The van der Waals surface area contributed by atoms with Crippen molar-refractivity contribution in [3.05, 3.63) is 59.2 Å². The number of halogens is 2. The Kier molecular flexibility index (Phi) is 3.98. The number of hydrogen-bond acceptors (Lipinski definition) is 3. The highest BCUT2D eigenvalue weighted by Crippen LogP contribution is 2.27. The minimum Gasteiger partial charge on any atom is -0.478 e. The van der Waals surface area contributed by atoms with Gasteiger partial charge in [-0.15, -0.1) is 0 Å². The van der Waals surface area contributed by atoms with Crippen molar-refractivity contribution >= 4 is 11.9 Å². The van der Waals surface area contributed by atoms with Crippen LogP contribution in [0.25, 0.3) is 11.1 Å². The van der Waals surface area contributed by atoms with E-state index in [1.165, 1.54) is 18.2 Å². The van der Waals surface area contributed by atoms with Gasteiger partial charge in [0.25, 0.3) is 0 Å². The van der Waals surface area contributed by atoms with Gasteiger partial charge < -0.3 is 9.84 Å².